The lowest BCUT2D eigenvalue weighted by molar-refractivity contribution is 0.101. The normalized spacial score (nSPS) is 12.2. The highest BCUT2D eigenvalue weighted by Gasteiger charge is 2.08. The van der Waals surface area contributed by atoms with Gasteiger partial charge in [-0.05, 0) is 36.4 Å². The molecule has 6 heteroatoms. The average Bonchev–Trinajstić information content (AvgIpc) is 2.91. The summed E-state index contributed by atoms with van der Waals surface area (Å²) in [6, 6.07) is 14.2. The molecule has 0 aliphatic heterocycles. The van der Waals surface area contributed by atoms with Gasteiger partial charge in [0.1, 0.15) is 6.33 Å². The number of hydrogen-bond acceptors (Lipinski definition) is 3. The summed E-state index contributed by atoms with van der Waals surface area (Å²) in [7, 11) is -1.05. The maximum absolute atomic E-state index is 12.2. The molecule has 0 aliphatic rings. The van der Waals surface area contributed by atoms with Crippen molar-refractivity contribution in [2.45, 2.75) is 4.90 Å². The number of para-hydroxylation sites is 2. The maximum Gasteiger partial charge on any atom is 0.270 e. The molecule has 1 unspecified atom stereocenters. The average molecular weight is 299 g/mol. The molecule has 3 aromatic rings. The van der Waals surface area contributed by atoms with Crippen molar-refractivity contribution in [3.05, 3.63) is 60.4 Å². The van der Waals surface area contributed by atoms with Crippen LogP contribution in [0, 0.1) is 0 Å². The molecule has 0 radical (unpaired) electrons. The van der Waals surface area contributed by atoms with Crippen molar-refractivity contribution in [2.75, 3.05) is 11.7 Å². The Morgan fingerprint density at radius 2 is 1.86 bits per heavy atom. The van der Waals surface area contributed by atoms with Gasteiger partial charge in [-0.3, -0.25) is 14.4 Å². The summed E-state index contributed by atoms with van der Waals surface area (Å²) in [6.07, 6.45) is 3.17. The molecule has 2 aromatic carbocycles. The summed E-state index contributed by atoms with van der Waals surface area (Å²) < 4.78 is 12.9. The van der Waals surface area contributed by atoms with E-state index < -0.39 is 10.8 Å². The minimum absolute atomic E-state index is 0.244. The van der Waals surface area contributed by atoms with Gasteiger partial charge in [0.2, 0.25) is 0 Å². The first-order valence-electron chi connectivity index (χ1n) is 6.32. The van der Waals surface area contributed by atoms with Crippen LogP contribution < -0.4 is 5.43 Å². The van der Waals surface area contributed by atoms with Gasteiger partial charge in [0.25, 0.3) is 5.91 Å². The van der Waals surface area contributed by atoms with Gasteiger partial charge >= 0.3 is 0 Å². The van der Waals surface area contributed by atoms with Crippen LogP contribution in [0.5, 0.6) is 0 Å². The summed E-state index contributed by atoms with van der Waals surface area (Å²) in [5.74, 6) is -0.244. The summed E-state index contributed by atoms with van der Waals surface area (Å²) in [6.45, 7) is 0. The second-order valence-corrected chi connectivity index (χ2v) is 5.90. The third-order valence-electron chi connectivity index (χ3n) is 3.12. The molecule has 0 aliphatic carbocycles. The van der Waals surface area contributed by atoms with E-state index in [1.54, 1.807) is 41.5 Å². The van der Waals surface area contributed by atoms with Gasteiger partial charge < -0.3 is 0 Å². The number of amides is 1. The fraction of sp³-hybridized carbons (Fsp3) is 0.0667. The van der Waals surface area contributed by atoms with Gasteiger partial charge in [0.15, 0.2) is 0 Å². The molecule has 106 valence electrons. The van der Waals surface area contributed by atoms with E-state index in [1.165, 1.54) is 0 Å². The third kappa shape index (κ3) is 2.71. The number of aromatic nitrogens is 2. The van der Waals surface area contributed by atoms with Crippen LogP contribution in [-0.4, -0.2) is 26.0 Å². The lowest BCUT2D eigenvalue weighted by atomic mass is 10.2. The van der Waals surface area contributed by atoms with Gasteiger partial charge in [0, 0.05) is 27.5 Å². The molecule has 0 bridgehead atoms. The molecule has 21 heavy (non-hydrogen) atoms. The fourth-order valence-electron chi connectivity index (χ4n) is 2.02. The zero-order valence-corrected chi connectivity index (χ0v) is 12.1. The molecule has 1 aromatic heterocycles. The van der Waals surface area contributed by atoms with Crippen molar-refractivity contribution in [3.63, 3.8) is 0 Å². The number of carbonyl (C=O) groups is 1. The molecule has 0 fully saturated rings. The Morgan fingerprint density at radius 3 is 2.57 bits per heavy atom. The zero-order valence-electron chi connectivity index (χ0n) is 11.3. The predicted molar refractivity (Wildman–Crippen MR) is 82.2 cm³/mol. The lowest BCUT2D eigenvalue weighted by Crippen LogP contribution is -2.21. The zero-order chi connectivity index (χ0) is 14.8. The number of benzene rings is 2. The van der Waals surface area contributed by atoms with Crippen molar-refractivity contribution in [1.82, 2.24) is 9.66 Å². The predicted octanol–water partition coefficient (Wildman–Crippen LogP) is 2.16. The Labute approximate surface area is 124 Å². The summed E-state index contributed by atoms with van der Waals surface area (Å²) in [5, 5.41) is 0. The van der Waals surface area contributed by atoms with Crippen molar-refractivity contribution in [3.8, 4) is 0 Å². The number of carbonyl (C=O) groups excluding carboxylic acids is 1. The topological polar surface area (TPSA) is 64.0 Å². The number of rotatable bonds is 3. The fourth-order valence-corrected chi connectivity index (χ4v) is 2.54. The molecule has 0 saturated heterocycles. The SMILES string of the molecule is CS(=O)c1ccc(C(=O)Nn2cnc3ccccc32)cc1. The molecule has 1 N–H and O–H groups in total. The van der Waals surface area contributed by atoms with Crippen molar-refractivity contribution < 1.29 is 9.00 Å². The highest BCUT2D eigenvalue weighted by molar-refractivity contribution is 7.84. The highest BCUT2D eigenvalue weighted by atomic mass is 32.2. The summed E-state index contributed by atoms with van der Waals surface area (Å²) in [5.41, 5.74) is 4.92. The van der Waals surface area contributed by atoms with E-state index in [1.807, 2.05) is 24.3 Å². The number of nitrogens with one attached hydrogen (secondary N) is 1. The second kappa shape index (κ2) is 5.49. The monoisotopic (exact) mass is 299 g/mol. The van der Waals surface area contributed by atoms with Crippen LogP contribution in [0.15, 0.2) is 59.8 Å². The number of imidazole rings is 1. The Morgan fingerprint density at radius 1 is 1.14 bits per heavy atom. The first-order chi connectivity index (χ1) is 10.1. The van der Waals surface area contributed by atoms with Crippen LogP contribution >= 0.6 is 0 Å². The first-order valence-corrected chi connectivity index (χ1v) is 7.88. The van der Waals surface area contributed by atoms with Crippen molar-refractivity contribution in [1.29, 1.82) is 0 Å². The molecule has 5 nitrogen and oxygen atoms in total. The van der Waals surface area contributed by atoms with Crippen LogP contribution in [0.2, 0.25) is 0 Å². The number of nitrogens with zero attached hydrogens (tertiary/aromatic N) is 2. The largest absolute Gasteiger partial charge is 0.270 e. The second-order valence-electron chi connectivity index (χ2n) is 4.52. The first kappa shape index (κ1) is 13.5. The number of hydrogen-bond donors (Lipinski definition) is 1. The van der Waals surface area contributed by atoms with Crippen LogP contribution in [0.1, 0.15) is 10.4 Å². The van der Waals surface area contributed by atoms with Crippen molar-refractivity contribution >= 4 is 27.7 Å². The van der Waals surface area contributed by atoms with E-state index in [0.717, 1.165) is 11.0 Å². The van der Waals surface area contributed by atoms with E-state index in [2.05, 4.69) is 10.4 Å². The van der Waals surface area contributed by atoms with Crippen LogP contribution in [0.4, 0.5) is 0 Å². The summed E-state index contributed by atoms with van der Waals surface area (Å²) in [4.78, 5) is 17.1. The smallest absolute Gasteiger partial charge is 0.267 e. The molecule has 1 amide bonds. The lowest BCUT2D eigenvalue weighted by Gasteiger charge is -2.07. The van der Waals surface area contributed by atoms with Gasteiger partial charge in [-0.25, -0.2) is 9.66 Å². The minimum atomic E-state index is -1.05. The van der Waals surface area contributed by atoms with Gasteiger partial charge in [-0.1, -0.05) is 12.1 Å². The molecule has 1 heterocycles. The van der Waals surface area contributed by atoms with Gasteiger partial charge in [-0.15, -0.1) is 0 Å². The standard InChI is InChI=1S/C15H13N3O2S/c1-21(20)12-8-6-11(7-9-12)15(19)17-18-10-16-13-4-2-3-5-14(13)18/h2-10H,1H3,(H,17,19). The van der Waals surface area contributed by atoms with Crippen molar-refractivity contribution in [2.24, 2.45) is 0 Å². The quantitative estimate of drug-likeness (QED) is 0.806. The molecule has 1 atom stereocenters. The number of fused-ring (bicyclic) bond motifs is 1. The highest BCUT2D eigenvalue weighted by Crippen LogP contribution is 2.12. The molecule has 0 saturated carbocycles. The van der Waals surface area contributed by atoms with Crippen LogP contribution in [0.3, 0.4) is 0 Å². The Hall–Kier alpha value is -2.47. The Kier molecular flexibility index (Phi) is 3.53. The third-order valence-corrected chi connectivity index (χ3v) is 4.06. The molecule has 0 spiro atoms. The summed E-state index contributed by atoms with van der Waals surface area (Å²) >= 11 is 0. The van der Waals surface area contributed by atoms with Crippen LogP contribution in [-0.2, 0) is 10.8 Å². The molecule has 3 rings (SSSR count). The molecular formula is C15H13N3O2S. The van der Waals surface area contributed by atoms with E-state index in [9.17, 15) is 9.00 Å². The van der Waals surface area contributed by atoms with Crippen LogP contribution in [0.25, 0.3) is 11.0 Å². The Balaban J connectivity index is 1.84. The van der Waals surface area contributed by atoms with E-state index >= 15 is 0 Å². The molecular weight excluding hydrogens is 286 g/mol. The maximum atomic E-state index is 12.2. The van der Waals surface area contributed by atoms with Gasteiger partial charge in [-0.2, -0.15) is 0 Å². The van der Waals surface area contributed by atoms with E-state index in [0.29, 0.717) is 10.5 Å². The Bertz CT molecular complexity index is 824. The minimum Gasteiger partial charge on any atom is -0.267 e. The van der Waals surface area contributed by atoms with Gasteiger partial charge in [0.05, 0.1) is 11.0 Å². The van der Waals surface area contributed by atoms with E-state index in [4.69, 9.17) is 0 Å². The van der Waals surface area contributed by atoms with E-state index in [-0.39, 0.29) is 5.91 Å².